The van der Waals surface area contributed by atoms with Crippen molar-refractivity contribution >= 4 is 23.2 Å². The van der Waals surface area contributed by atoms with Crippen molar-refractivity contribution in [3.63, 3.8) is 0 Å². The van der Waals surface area contributed by atoms with E-state index >= 15 is 0 Å². The van der Waals surface area contributed by atoms with Gasteiger partial charge in [-0.2, -0.15) is 0 Å². The molecule has 0 radical (unpaired) electrons. The van der Waals surface area contributed by atoms with Gasteiger partial charge in [-0.25, -0.2) is 0 Å². The lowest BCUT2D eigenvalue weighted by Crippen LogP contribution is -2.32. The first-order valence-corrected chi connectivity index (χ1v) is 6.61. The van der Waals surface area contributed by atoms with Crippen LogP contribution in [0.3, 0.4) is 0 Å². The fourth-order valence-electron chi connectivity index (χ4n) is 1.67. The number of alkyl halides is 2. The molecule has 0 bridgehead atoms. The molecule has 0 aliphatic rings. The Bertz CT molecular complexity index is 283. The third kappa shape index (κ3) is 3.38. The molecule has 0 atom stereocenters. The number of halogens is 2. The van der Waals surface area contributed by atoms with Crippen molar-refractivity contribution in [3.8, 4) is 0 Å². The summed E-state index contributed by atoms with van der Waals surface area (Å²) in [7, 11) is 0. The Labute approximate surface area is 108 Å². The highest BCUT2D eigenvalue weighted by Crippen LogP contribution is 2.31. The Morgan fingerprint density at radius 2 is 1.75 bits per heavy atom. The highest BCUT2D eigenvalue weighted by molar-refractivity contribution is 6.22. The molecule has 0 aliphatic heterocycles. The first-order valence-electron chi connectivity index (χ1n) is 5.54. The maximum absolute atomic E-state index is 6.10. The van der Waals surface area contributed by atoms with Gasteiger partial charge in [0.1, 0.15) is 0 Å². The van der Waals surface area contributed by atoms with E-state index in [-0.39, 0.29) is 5.41 Å². The van der Waals surface area contributed by atoms with Crippen molar-refractivity contribution in [1.29, 1.82) is 0 Å². The van der Waals surface area contributed by atoms with Crippen molar-refractivity contribution in [3.05, 3.63) is 35.9 Å². The first-order chi connectivity index (χ1) is 7.79. The number of ether oxygens (including phenoxy) is 1. The van der Waals surface area contributed by atoms with Crippen molar-refractivity contribution in [2.75, 3.05) is 25.0 Å². The molecule has 0 amide bonds. The molecule has 1 nitrogen and oxygen atoms in total. The molecule has 0 saturated heterocycles. The number of hydrogen-bond acceptors (Lipinski definition) is 1. The van der Waals surface area contributed by atoms with E-state index in [1.165, 1.54) is 5.56 Å². The quantitative estimate of drug-likeness (QED) is 0.535. The summed E-state index contributed by atoms with van der Waals surface area (Å²) in [4.78, 5) is 0. The van der Waals surface area contributed by atoms with Crippen LogP contribution in [-0.2, 0) is 10.2 Å². The molecule has 0 aliphatic carbocycles. The maximum atomic E-state index is 6.10. The molecular weight excluding hydrogens is 243 g/mol. The molecule has 0 N–H and O–H groups in total. The Morgan fingerprint density at radius 3 is 2.25 bits per heavy atom. The number of hydrogen-bond donors (Lipinski definition) is 0. The molecule has 90 valence electrons. The highest BCUT2D eigenvalue weighted by atomic mass is 35.5. The van der Waals surface area contributed by atoms with E-state index in [1.54, 1.807) is 0 Å². The summed E-state index contributed by atoms with van der Waals surface area (Å²) in [6.07, 6.45) is 0.859. The van der Waals surface area contributed by atoms with E-state index in [2.05, 4.69) is 12.1 Å². The Kier molecular flexibility index (Phi) is 6.18. The van der Waals surface area contributed by atoms with Gasteiger partial charge in [-0.15, -0.1) is 23.2 Å². The van der Waals surface area contributed by atoms with Crippen LogP contribution in [0.2, 0.25) is 0 Å². The molecular formula is C13H18Cl2O. The smallest absolute Gasteiger partial charge is 0.0475 e. The third-order valence-electron chi connectivity index (χ3n) is 2.83. The van der Waals surface area contributed by atoms with Crippen LogP contribution >= 0.6 is 23.2 Å². The van der Waals surface area contributed by atoms with Gasteiger partial charge in [0, 0.05) is 30.4 Å². The van der Waals surface area contributed by atoms with Crippen LogP contribution in [0.1, 0.15) is 18.9 Å². The monoisotopic (exact) mass is 260 g/mol. The van der Waals surface area contributed by atoms with Gasteiger partial charge in [0.25, 0.3) is 0 Å². The molecule has 0 saturated carbocycles. The van der Waals surface area contributed by atoms with E-state index in [0.717, 1.165) is 13.0 Å². The fourth-order valence-corrected chi connectivity index (χ4v) is 2.53. The topological polar surface area (TPSA) is 9.23 Å². The van der Waals surface area contributed by atoms with Gasteiger partial charge in [-0.3, -0.25) is 0 Å². The second-order valence-electron chi connectivity index (χ2n) is 3.86. The van der Waals surface area contributed by atoms with Gasteiger partial charge >= 0.3 is 0 Å². The largest absolute Gasteiger partial charge is 0.382 e. The minimum absolute atomic E-state index is 0.167. The van der Waals surface area contributed by atoms with Gasteiger partial charge in [-0.1, -0.05) is 30.3 Å². The summed E-state index contributed by atoms with van der Waals surface area (Å²) in [5.74, 6) is 1.04. The van der Waals surface area contributed by atoms with Gasteiger partial charge in [0.15, 0.2) is 0 Å². The summed E-state index contributed by atoms with van der Waals surface area (Å²) < 4.78 is 5.40. The summed E-state index contributed by atoms with van der Waals surface area (Å²) in [6, 6.07) is 10.2. The Balaban J connectivity index is 2.79. The van der Waals surface area contributed by atoms with Gasteiger partial charge in [-0.05, 0) is 18.9 Å². The predicted octanol–water partition coefficient (Wildman–Crippen LogP) is 3.83. The number of benzene rings is 1. The summed E-state index contributed by atoms with van der Waals surface area (Å²) in [5, 5.41) is 0. The first kappa shape index (κ1) is 13.8. The zero-order valence-electron chi connectivity index (χ0n) is 9.59. The molecule has 0 heterocycles. The summed E-state index contributed by atoms with van der Waals surface area (Å²) in [6.45, 7) is 3.42. The van der Waals surface area contributed by atoms with Gasteiger partial charge < -0.3 is 4.74 Å². The van der Waals surface area contributed by atoms with E-state index in [4.69, 9.17) is 27.9 Å². The standard InChI is InChI=1S/C13H18Cl2O/c1-2-16-9-8-13(10-14,11-15)12-6-4-3-5-7-12/h3-7H,2,8-11H2,1H3. The van der Waals surface area contributed by atoms with E-state index in [0.29, 0.717) is 18.4 Å². The maximum Gasteiger partial charge on any atom is 0.0475 e. The van der Waals surface area contributed by atoms with E-state index in [9.17, 15) is 0 Å². The second kappa shape index (κ2) is 7.16. The lowest BCUT2D eigenvalue weighted by Gasteiger charge is -2.30. The van der Waals surface area contributed by atoms with Crippen LogP contribution in [-0.4, -0.2) is 25.0 Å². The van der Waals surface area contributed by atoms with Crippen molar-refractivity contribution in [1.82, 2.24) is 0 Å². The predicted molar refractivity (Wildman–Crippen MR) is 70.7 cm³/mol. The van der Waals surface area contributed by atoms with Crippen LogP contribution in [0.15, 0.2) is 30.3 Å². The zero-order valence-corrected chi connectivity index (χ0v) is 11.1. The normalized spacial score (nSPS) is 11.7. The zero-order chi connectivity index (χ0) is 11.9. The van der Waals surface area contributed by atoms with Crippen molar-refractivity contribution in [2.24, 2.45) is 0 Å². The number of rotatable bonds is 7. The van der Waals surface area contributed by atoms with E-state index < -0.39 is 0 Å². The molecule has 3 heteroatoms. The van der Waals surface area contributed by atoms with Crippen LogP contribution in [0.4, 0.5) is 0 Å². The molecule has 1 aromatic rings. The third-order valence-corrected chi connectivity index (χ3v) is 3.85. The minimum atomic E-state index is -0.167. The minimum Gasteiger partial charge on any atom is -0.382 e. The molecule has 0 spiro atoms. The second-order valence-corrected chi connectivity index (χ2v) is 4.40. The highest BCUT2D eigenvalue weighted by Gasteiger charge is 2.30. The van der Waals surface area contributed by atoms with Crippen molar-refractivity contribution in [2.45, 2.75) is 18.8 Å². The molecule has 0 fully saturated rings. The fraction of sp³-hybridized carbons (Fsp3) is 0.538. The van der Waals surface area contributed by atoms with Crippen LogP contribution in [0.5, 0.6) is 0 Å². The average molecular weight is 261 g/mol. The average Bonchev–Trinajstić information content (AvgIpc) is 2.36. The van der Waals surface area contributed by atoms with Crippen LogP contribution in [0.25, 0.3) is 0 Å². The van der Waals surface area contributed by atoms with Crippen LogP contribution in [0, 0.1) is 0 Å². The Morgan fingerprint density at radius 1 is 1.12 bits per heavy atom. The molecule has 0 unspecified atom stereocenters. The molecule has 1 aromatic carbocycles. The Hall–Kier alpha value is -0.240. The van der Waals surface area contributed by atoms with Crippen LogP contribution < -0.4 is 0 Å². The SMILES string of the molecule is CCOCCC(CCl)(CCl)c1ccccc1. The molecule has 0 aromatic heterocycles. The summed E-state index contributed by atoms with van der Waals surface area (Å²) in [5.41, 5.74) is 1.03. The lowest BCUT2D eigenvalue weighted by molar-refractivity contribution is 0.131. The molecule has 16 heavy (non-hydrogen) atoms. The van der Waals surface area contributed by atoms with Gasteiger partial charge in [0.2, 0.25) is 0 Å². The van der Waals surface area contributed by atoms with Gasteiger partial charge in [0.05, 0.1) is 0 Å². The lowest BCUT2D eigenvalue weighted by atomic mass is 9.81. The van der Waals surface area contributed by atoms with E-state index in [1.807, 2.05) is 25.1 Å². The summed E-state index contributed by atoms with van der Waals surface area (Å²) >= 11 is 12.2. The van der Waals surface area contributed by atoms with Crippen molar-refractivity contribution < 1.29 is 4.74 Å². The molecule has 1 rings (SSSR count).